The van der Waals surface area contributed by atoms with Gasteiger partial charge in [0.15, 0.2) is 12.4 Å². The first kappa shape index (κ1) is 13.1. The third-order valence-electron chi connectivity index (χ3n) is 3.60. The van der Waals surface area contributed by atoms with Gasteiger partial charge in [0, 0.05) is 12.0 Å². The highest BCUT2D eigenvalue weighted by atomic mass is 16.5. The molecule has 0 saturated heterocycles. The third kappa shape index (κ3) is 2.99. The van der Waals surface area contributed by atoms with Gasteiger partial charge in [0.2, 0.25) is 0 Å². The van der Waals surface area contributed by atoms with Crippen LogP contribution in [0.3, 0.4) is 0 Å². The molecule has 0 bridgehead atoms. The largest absolute Gasteiger partial charge is 0.484 e. The quantitative estimate of drug-likeness (QED) is 0.877. The van der Waals surface area contributed by atoms with Crippen molar-refractivity contribution in [2.24, 2.45) is 0 Å². The zero-order valence-corrected chi connectivity index (χ0v) is 11.8. The molecule has 5 heteroatoms. The highest BCUT2D eigenvalue weighted by Gasteiger charge is 2.28. The average Bonchev–Trinajstić information content (AvgIpc) is 3.24. The predicted molar refractivity (Wildman–Crippen MR) is 74.5 cm³/mol. The molecule has 1 saturated carbocycles. The van der Waals surface area contributed by atoms with Crippen LogP contribution in [0.4, 0.5) is 0 Å². The zero-order chi connectivity index (χ0) is 13.9. The summed E-state index contributed by atoms with van der Waals surface area (Å²) in [7, 11) is 1.95. The Morgan fingerprint density at radius 3 is 2.75 bits per heavy atom. The van der Waals surface area contributed by atoms with Gasteiger partial charge in [0.25, 0.3) is 5.89 Å². The minimum atomic E-state index is 0.320. The Bertz CT molecular complexity index is 561. The summed E-state index contributed by atoms with van der Waals surface area (Å²) in [6, 6.07) is 8.36. The van der Waals surface area contributed by atoms with Crippen LogP contribution in [0.25, 0.3) is 0 Å². The van der Waals surface area contributed by atoms with Crippen molar-refractivity contribution in [2.45, 2.75) is 38.3 Å². The fourth-order valence-corrected chi connectivity index (χ4v) is 2.00. The van der Waals surface area contributed by atoms with Crippen LogP contribution < -0.4 is 10.1 Å². The summed E-state index contributed by atoms with van der Waals surface area (Å²) < 4.78 is 10.8. The van der Waals surface area contributed by atoms with E-state index in [1.165, 1.54) is 18.4 Å². The lowest BCUT2D eigenvalue weighted by Gasteiger charge is -2.11. The molecule has 5 nitrogen and oxygen atoms in total. The van der Waals surface area contributed by atoms with Gasteiger partial charge < -0.3 is 14.6 Å². The first-order valence-corrected chi connectivity index (χ1v) is 6.99. The van der Waals surface area contributed by atoms with E-state index in [1.807, 2.05) is 19.2 Å². The molecule has 0 radical (unpaired) electrons. The van der Waals surface area contributed by atoms with Crippen molar-refractivity contribution in [3.63, 3.8) is 0 Å². The molecule has 0 aliphatic heterocycles. The minimum Gasteiger partial charge on any atom is -0.484 e. The second-order valence-corrected chi connectivity index (χ2v) is 5.19. The van der Waals surface area contributed by atoms with Gasteiger partial charge in [0.05, 0.1) is 0 Å². The number of benzene rings is 1. The van der Waals surface area contributed by atoms with Gasteiger partial charge in [-0.3, -0.25) is 0 Å². The molecule has 1 aromatic heterocycles. The van der Waals surface area contributed by atoms with Crippen molar-refractivity contribution in [1.29, 1.82) is 0 Å². The normalized spacial score (nSPS) is 16.1. The Balaban J connectivity index is 1.57. The Hall–Kier alpha value is -1.88. The van der Waals surface area contributed by atoms with E-state index in [9.17, 15) is 0 Å². The van der Waals surface area contributed by atoms with Gasteiger partial charge in [0.1, 0.15) is 5.75 Å². The molecule has 1 N–H and O–H groups in total. The molecule has 1 unspecified atom stereocenters. The fourth-order valence-electron chi connectivity index (χ4n) is 2.00. The van der Waals surface area contributed by atoms with Gasteiger partial charge >= 0.3 is 0 Å². The van der Waals surface area contributed by atoms with E-state index in [0.717, 1.165) is 11.6 Å². The second kappa shape index (κ2) is 5.63. The number of aromatic nitrogens is 2. The lowest BCUT2D eigenvalue weighted by atomic mass is 10.1. The summed E-state index contributed by atoms with van der Waals surface area (Å²) in [5.74, 6) is 2.68. The van der Waals surface area contributed by atoms with Crippen LogP contribution in [-0.4, -0.2) is 17.2 Å². The molecule has 106 valence electrons. The Labute approximate surface area is 118 Å². The minimum absolute atomic E-state index is 0.320. The van der Waals surface area contributed by atoms with Crippen LogP contribution in [0.5, 0.6) is 5.75 Å². The van der Waals surface area contributed by atoms with E-state index in [1.54, 1.807) is 0 Å². The van der Waals surface area contributed by atoms with Crippen molar-refractivity contribution < 1.29 is 9.26 Å². The Kier molecular flexibility index (Phi) is 3.69. The van der Waals surface area contributed by atoms with E-state index >= 15 is 0 Å². The topological polar surface area (TPSA) is 60.2 Å². The van der Waals surface area contributed by atoms with Crippen molar-refractivity contribution in [3.05, 3.63) is 41.5 Å². The summed E-state index contributed by atoms with van der Waals surface area (Å²) in [6.45, 7) is 2.44. The monoisotopic (exact) mass is 273 g/mol. The summed E-state index contributed by atoms with van der Waals surface area (Å²) >= 11 is 0. The van der Waals surface area contributed by atoms with E-state index in [4.69, 9.17) is 9.26 Å². The molecule has 0 spiro atoms. The van der Waals surface area contributed by atoms with Crippen LogP contribution in [0.2, 0.25) is 0 Å². The standard InChI is InChI=1S/C15H19N3O2/c1-10(16-2)11-5-7-13(8-6-11)19-9-14-17-15(18-20-14)12-3-4-12/h5-8,10,12,16H,3-4,9H2,1-2H3. The molecule has 20 heavy (non-hydrogen) atoms. The summed E-state index contributed by atoms with van der Waals surface area (Å²) in [5.41, 5.74) is 1.23. The molecule has 3 rings (SSSR count). The lowest BCUT2D eigenvalue weighted by Crippen LogP contribution is -2.11. The van der Waals surface area contributed by atoms with Crippen molar-refractivity contribution in [3.8, 4) is 5.75 Å². The van der Waals surface area contributed by atoms with E-state index in [2.05, 4.69) is 34.5 Å². The Morgan fingerprint density at radius 1 is 1.35 bits per heavy atom. The highest BCUT2D eigenvalue weighted by Crippen LogP contribution is 2.38. The third-order valence-corrected chi connectivity index (χ3v) is 3.60. The number of hydrogen-bond donors (Lipinski definition) is 1. The lowest BCUT2D eigenvalue weighted by molar-refractivity contribution is 0.242. The number of nitrogens with one attached hydrogen (secondary N) is 1. The van der Waals surface area contributed by atoms with E-state index < -0.39 is 0 Å². The maximum Gasteiger partial charge on any atom is 0.264 e. The molecule has 1 atom stereocenters. The van der Waals surface area contributed by atoms with Gasteiger partial charge in [-0.1, -0.05) is 17.3 Å². The summed E-state index contributed by atoms with van der Waals surface area (Å²) in [5, 5.41) is 7.17. The molecule has 1 aromatic carbocycles. The van der Waals surface area contributed by atoms with Crippen LogP contribution in [0, 0.1) is 0 Å². The number of nitrogens with zero attached hydrogens (tertiary/aromatic N) is 2. The predicted octanol–water partition coefficient (Wildman–Crippen LogP) is 2.81. The molecule has 0 amide bonds. The van der Waals surface area contributed by atoms with E-state index in [0.29, 0.717) is 24.5 Å². The SMILES string of the molecule is CNC(C)c1ccc(OCc2nc(C3CC3)no2)cc1. The van der Waals surface area contributed by atoms with Gasteiger partial charge in [-0.05, 0) is 44.5 Å². The number of ether oxygens (including phenoxy) is 1. The van der Waals surface area contributed by atoms with Crippen molar-refractivity contribution in [2.75, 3.05) is 7.05 Å². The van der Waals surface area contributed by atoms with Crippen LogP contribution in [0.15, 0.2) is 28.8 Å². The first-order valence-electron chi connectivity index (χ1n) is 6.99. The summed E-state index contributed by atoms with van der Waals surface area (Å²) in [6.07, 6.45) is 2.34. The van der Waals surface area contributed by atoms with Crippen molar-refractivity contribution in [1.82, 2.24) is 15.5 Å². The van der Waals surface area contributed by atoms with Crippen LogP contribution in [-0.2, 0) is 6.61 Å². The molecule has 1 fully saturated rings. The maximum atomic E-state index is 5.66. The highest BCUT2D eigenvalue weighted by molar-refractivity contribution is 5.28. The van der Waals surface area contributed by atoms with Crippen LogP contribution in [0.1, 0.15) is 49.0 Å². The second-order valence-electron chi connectivity index (χ2n) is 5.19. The van der Waals surface area contributed by atoms with Gasteiger partial charge in [-0.15, -0.1) is 0 Å². The fraction of sp³-hybridized carbons (Fsp3) is 0.467. The zero-order valence-electron chi connectivity index (χ0n) is 11.8. The number of rotatable bonds is 6. The first-order chi connectivity index (χ1) is 9.76. The van der Waals surface area contributed by atoms with Crippen LogP contribution >= 0.6 is 0 Å². The van der Waals surface area contributed by atoms with Crippen molar-refractivity contribution >= 4 is 0 Å². The Morgan fingerprint density at radius 2 is 2.10 bits per heavy atom. The molecule has 1 aliphatic carbocycles. The van der Waals surface area contributed by atoms with Gasteiger partial charge in [-0.25, -0.2) is 0 Å². The average molecular weight is 273 g/mol. The molecule has 1 heterocycles. The molecule has 1 aliphatic rings. The number of hydrogen-bond acceptors (Lipinski definition) is 5. The maximum absolute atomic E-state index is 5.66. The van der Waals surface area contributed by atoms with E-state index in [-0.39, 0.29) is 0 Å². The molecular formula is C15H19N3O2. The van der Waals surface area contributed by atoms with Gasteiger partial charge in [-0.2, -0.15) is 4.98 Å². The molecule has 2 aromatic rings. The summed E-state index contributed by atoms with van der Waals surface area (Å²) in [4.78, 5) is 4.33. The molecular weight excluding hydrogens is 254 g/mol. The smallest absolute Gasteiger partial charge is 0.264 e.